The van der Waals surface area contributed by atoms with Crippen molar-refractivity contribution < 1.29 is 0 Å². The van der Waals surface area contributed by atoms with Crippen LogP contribution in [0.5, 0.6) is 0 Å². The molecule has 0 rings (SSSR count). The lowest BCUT2D eigenvalue weighted by Crippen LogP contribution is -2.14. The van der Waals surface area contributed by atoms with E-state index in [2.05, 4.69) is 34.3 Å². The number of halogens is 1. The largest absolute Gasteiger partial charge is 0.253 e. The third-order valence-corrected chi connectivity index (χ3v) is 2.46. The average Bonchev–Trinajstić information content (AvgIpc) is 1.98. The van der Waals surface area contributed by atoms with Crippen LogP contribution in [0.1, 0.15) is 46.0 Å². The van der Waals surface area contributed by atoms with Crippen molar-refractivity contribution in [3.05, 3.63) is 0 Å². The van der Waals surface area contributed by atoms with Crippen LogP contribution in [0.2, 0.25) is 0 Å². The van der Waals surface area contributed by atoms with Crippen molar-refractivity contribution in [1.82, 2.24) is 4.34 Å². The first kappa shape index (κ1) is 10.4. The lowest BCUT2D eigenvalue weighted by molar-refractivity contribution is 0.559. The molecule has 0 unspecified atom stereocenters. The van der Waals surface area contributed by atoms with Gasteiger partial charge in [0.25, 0.3) is 0 Å². The highest BCUT2D eigenvalue weighted by atomic mass is 79.9. The Kier molecular flexibility index (Phi) is 7.88. The maximum Gasteiger partial charge on any atom is 0.0146 e. The molecule has 0 spiro atoms. The molecule has 0 amide bonds. The molecule has 2 heteroatoms. The van der Waals surface area contributed by atoms with E-state index in [-0.39, 0.29) is 0 Å². The summed E-state index contributed by atoms with van der Waals surface area (Å²) in [5, 5.41) is 0. The van der Waals surface area contributed by atoms with Gasteiger partial charge in [0, 0.05) is 22.2 Å². The molecule has 0 fully saturated rings. The summed E-state index contributed by atoms with van der Waals surface area (Å²) in [4.78, 5) is 0. The maximum absolute atomic E-state index is 3.23. The van der Waals surface area contributed by atoms with Crippen LogP contribution in [-0.2, 0) is 0 Å². The summed E-state index contributed by atoms with van der Waals surface area (Å²) in [6, 6.07) is 0.622. The van der Waals surface area contributed by atoms with Gasteiger partial charge in [-0.1, -0.05) is 32.6 Å². The topological polar surface area (TPSA) is 12.0 Å². The molecule has 0 saturated carbocycles. The SMILES string of the molecule is CCCCCC[C@@H](C)NBr. The highest BCUT2D eigenvalue weighted by Gasteiger charge is 1.96. The summed E-state index contributed by atoms with van der Waals surface area (Å²) >= 11 is 3.23. The molecule has 62 valence electrons. The highest BCUT2D eigenvalue weighted by molar-refractivity contribution is 9.08. The fraction of sp³-hybridized carbons (Fsp3) is 1.00. The van der Waals surface area contributed by atoms with Gasteiger partial charge in [0.15, 0.2) is 0 Å². The molecule has 1 N–H and O–H groups in total. The van der Waals surface area contributed by atoms with Crippen LogP contribution < -0.4 is 4.34 Å². The lowest BCUT2D eigenvalue weighted by atomic mass is 10.1. The molecule has 0 aliphatic heterocycles. The second kappa shape index (κ2) is 7.55. The highest BCUT2D eigenvalue weighted by Crippen LogP contribution is 2.05. The molecule has 0 aromatic heterocycles. The number of nitrogens with one attached hydrogen (secondary N) is 1. The van der Waals surface area contributed by atoms with E-state index in [1.807, 2.05) is 0 Å². The van der Waals surface area contributed by atoms with Crippen molar-refractivity contribution in [3.8, 4) is 0 Å². The van der Waals surface area contributed by atoms with Crippen molar-refractivity contribution in [3.63, 3.8) is 0 Å². The zero-order valence-corrected chi connectivity index (χ0v) is 8.58. The predicted octanol–water partition coefficient (Wildman–Crippen LogP) is 3.24. The van der Waals surface area contributed by atoms with Gasteiger partial charge in [0.05, 0.1) is 0 Å². The van der Waals surface area contributed by atoms with Gasteiger partial charge < -0.3 is 0 Å². The van der Waals surface area contributed by atoms with Crippen molar-refractivity contribution in [1.29, 1.82) is 0 Å². The minimum atomic E-state index is 0.622. The second-order valence-corrected chi connectivity index (χ2v) is 3.32. The molecule has 0 radical (unpaired) electrons. The van der Waals surface area contributed by atoms with Gasteiger partial charge in [-0.2, -0.15) is 0 Å². The molecule has 0 aliphatic carbocycles. The van der Waals surface area contributed by atoms with Gasteiger partial charge in [-0.05, 0) is 13.3 Å². The quantitative estimate of drug-likeness (QED) is 0.521. The molecule has 0 aromatic rings. The first-order chi connectivity index (χ1) is 4.81. The zero-order valence-electron chi connectivity index (χ0n) is 6.99. The third kappa shape index (κ3) is 6.56. The number of rotatable bonds is 6. The Bertz CT molecular complexity index is 66.3. The predicted molar refractivity (Wildman–Crippen MR) is 50.3 cm³/mol. The molecular formula is C8H18BrN. The smallest absolute Gasteiger partial charge is 0.0146 e. The summed E-state index contributed by atoms with van der Waals surface area (Å²) in [6.07, 6.45) is 6.74. The van der Waals surface area contributed by atoms with Crippen molar-refractivity contribution >= 4 is 16.1 Å². The van der Waals surface area contributed by atoms with Gasteiger partial charge in [0.1, 0.15) is 0 Å². The minimum absolute atomic E-state index is 0.622. The van der Waals surface area contributed by atoms with Crippen LogP contribution in [-0.4, -0.2) is 6.04 Å². The summed E-state index contributed by atoms with van der Waals surface area (Å²) in [7, 11) is 0. The van der Waals surface area contributed by atoms with Crippen LogP contribution in [0.4, 0.5) is 0 Å². The normalized spacial score (nSPS) is 13.5. The van der Waals surface area contributed by atoms with Gasteiger partial charge in [0.2, 0.25) is 0 Å². The van der Waals surface area contributed by atoms with Crippen LogP contribution >= 0.6 is 16.1 Å². The molecule has 0 aromatic carbocycles. The molecule has 0 bridgehead atoms. The minimum Gasteiger partial charge on any atom is -0.253 e. The fourth-order valence-electron chi connectivity index (χ4n) is 0.932. The summed E-state index contributed by atoms with van der Waals surface area (Å²) in [5.41, 5.74) is 0. The molecule has 0 aliphatic rings. The van der Waals surface area contributed by atoms with E-state index in [0.717, 1.165) is 0 Å². The Labute approximate surface area is 72.9 Å². The van der Waals surface area contributed by atoms with E-state index in [4.69, 9.17) is 0 Å². The van der Waals surface area contributed by atoms with Crippen LogP contribution in [0.3, 0.4) is 0 Å². The summed E-state index contributed by atoms with van der Waals surface area (Å²) in [5.74, 6) is 0. The van der Waals surface area contributed by atoms with E-state index in [1.54, 1.807) is 0 Å². The van der Waals surface area contributed by atoms with Crippen LogP contribution in [0.25, 0.3) is 0 Å². The molecule has 1 atom stereocenters. The Morgan fingerprint density at radius 2 is 2.00 bits per heavy atom. The number of unbranched alkanes of at least 4 members (excludes halogenated alkanes) is 3. The molecule has 10 heavy (non-hydrogen) atoms. The Balaban J connectivity index is 2.89. The molecular weight excluding hydrogens is 190 g/mol. The Morgan fingerprint density at radius 3 is 2.50 bits per heavy atom. The van der Waals surface area contributed by atoms with Gasteiger partial charge in [-0.3, -0.25) is 4.34 Å². The van der Waals surface area contributed by atoms with Crippen molar-refractivity contribution in [2.45, 2.75) is 52.0 Å². The van der Waals surface area contributed by atoms with Crippen LogP contribution in [0, 0.1) is 0 Å². The maximum atomic E-state index is 3.23. The third-order valence-electron chi connectivity index (χ3n) is 1.68. The van der Waals surface area contributed by atoms with E-state index < -0.39 is 0 Å². The van der Waals surface area contributed by atoms with Gasteiger partial charge >= 0.3 is 0 Å². The average molecular weight is 208 g/mol. The first-order valence-electron chi connectivity index (χ1n) is 4.17. The van der Waals surface area contributed by atoms with Crippen molar-refractivity contribution in [2.75, 3.05) is 0 Å². The summed E-state index contributed by atoms with van der Waals surface area (Å²) < 4.78 is 3.05. The molecule has 1 nitrogen and oxygen atoms in total. The molecule has 0 heterocycles. The Morgan fingerprint density at radius 1 is 1.30 bits per heavy atom. The second-order valence-electron chi connectivity index (χ2n) is 2.86. The van der Waals surface area contributed by atoms with E-state index >= 15 is 0 Å². The number of hydrogen-bond donors (Lipinski definition) is 1. The fourth-order valence-corrected chi connectivity index (χ4v) is 1.16. The molecule has 0 saturated heterocycles. The summed E-state index contributed by atoms with van der Waals surface area (Å²) in [6.45, 7) is 4.44. The van der Waals surface area contributed by atoms with Gasteiger partial charge in [-0.25, -0.2) is 0 Å². The zero-order chi connectivity index (χ0) is 7.82. The van der Waals surface area contributed by atoms with Gasteiger partial charge in [-0.15, -0.1) is 0 Å². The van der Waals surface area contributed by atoms with E-state index in [0.29, 0.717) is 6.04 Å². The lowest BCUT2D eigenvalue weighted by Gasteiger charge is -2.06. The standard InChI is InChI=1S/C8H18BrN/c1-3-4-5-6-7-8(2)10-9/h8,10H,3-7H2,1-2H3/t8-/m1/s1. The van der Waals surface area contributed by atoms with E-state index in [1.165, 1.54) is 32.1 Å². The monoisotopic (exact) mass is 207 g/mol. The first-order valence-corrected chi connectivity index (χ1v) is 4.96. The van der Waals surface area contributed by atoms with Crippen LogP contribution in [0.15, 0.2) is 0 Å². The Hall–Kier alpha value is 0.440. The van der Waals surface area contributed by atoms with Crippen molar-refractivity contribution in [2.24, 2.45) is 0 Å². The number of hydrogen-bond acceptors (Lipinski definition) is 1. The van der Waals surface area contributed by atoms with E-state index in [9.17, 15) is 0 Å².